The van der Waals surface area contributed by atoms with E-state index in [4.69, 9.17) is 9.47 Å². The third-order valence-corrected chi connectivity index (χ3v) is 2.74. The minimum atomic E-state index is 0.120. The van der Waals surface area contributed by atoms with Crippen molar-refractivity contribution < 1.29 is 14.6 Å². The van der Waals surface area contributed by atoms with Gasteiger partial charge in [-0.2, -0.15) is 0 Å². The number of methoxy groups -OCH3 is 1. The topological polar surface area (TPSA) is 38.7 Å². The minimum Gasteiger partial charge on any atom is -0.504 e. The van der Waals surface area contributed by atoms with Crippen LogP contribution in [0.25, 0.3) is 11.1 Å². The summed E-state index contributed by atoms with van der Waals surface area (Å²) in [6.07, 6.45) is 0.120. The summed E-state index contributed by atoms with van der Waals surface area (Å²) >= 11 is 0. The molecule has 3 heteroatoms. The zero-order valence-corrected chi connectivity index (χ0v) is 11.4. The maximum absolute atomic E-state index is 10.1. The molecule has 19 heavy (non-hydrogen) atoms. The number of rotatable bonds is 4. The molecule has 2 aromatic rings. The summed E-state index contributed by atoms with van der Waals surface area (Å²) in [4.78, 5) is 0. The van der Waals surface area contributed by atoms with Crippen molar-refractivity contribution in [3.8, 4) is 28.4 Å². The molecule has 0 amide bonds. The van der Waals surface area contributed by atoms with Crippen molar-refractivity contribution in [2.45, 2.75) is 20.0 Å². The quantitative estimate of drug-likeness (QED) is 0.905. The van der Waals surface area contributed by atoms with Crippen LogP contribution in [0.3, 0.4) is 0 Å². The van der Waals surface area contributed by atoms with Crippen LogP contribution < -0.4 is 9.47 Å². The lowest BCUT2D eigenvalue weighted by atomic mass is 10.0. The number of phenolic OH excluding ortho intramolecular Hbond substituents is 1. The molecule has 0 saturated heterocycles. The first-order valence-corrected chi connectivity index (χ1v) is 6.25. The largest absolute Gasteiger partial charge is 0.504 e. The molecular weight excluding hydrogens is 240 g/mol. The van der Waals surface area contributed by atoms with Gasteiger partial charge in [0.2, 0.25) is 0 Å². The number of aromatic hydroxyl groups is 1. The van der Waals surface area contributed by atoms with E-state index in [0.717, 1.165) is 16.9 Å². The Kier molecular flexibility index (Phi) is 3.95. The lowest BCUT2D eigenvalue weighted by Gasteiger charge is -2.12. The zero-order chi connectivity index (χ0) is 13.8. The Morgan fingerprint density at radius 3 is 2.47 bits per heavy atom. The van der Waals surface area contributed by atoms with E-state index in [-0.39, 0.29) is 11.9 Å². The third kappa shape index (κ3) is 2.99. The molecular formula is C16H18O3. The number of benzene rings is 2. The first-order valence-electron chi connectivity index (χ1n) is 6.25. The second kappa shape index (κ2) is 5.65. The van der Waals surface area contributed by atoms with Gasteiger partial charge in [-0.1, -0.05) is 24.3 Å². The molecule has 1 N–H and O–H groups in total. The lowest BCUT2D eigenvalue weighted by molar-refractivity contribution is 0.242. The Bertz CT molecular complexity index is 562. The predicted octanol–water partition coefficient (Wildman–Crippen LogP) is 3.86. The van der Waals surface area contributed by atoms with E-state index in [1.54, 1.807) is 6.07 Å². The van der Waals surface area contributed by atoms with Gasteiger partial charge >= 0.3 is 0 Å². The van der Waals surface area contributed by atoms with Crippen LogP contribution in [0.15, 0.2) is 42.5 Å². The van der Waals surface area contributed by atoms with Crippen LogP contribution in [0.1, 0.15) is 13.8 Å². The van der Waals surface area contributed by atoms with E-state index in [1.165, 1.54) is 7.11 Å². The van der Waals surface area contributed by atoms with Gasteiger partial charge in [-0.05, 0) is 37.6 Å². The number of hydrogen-bond acceptors (Lipinski definition) is 3. The van der Waals surface area contributed by atoms with Gasteiger partial charge in [0.25, 0.3) is 0 Å². The highest BCUT2D eigenvalue weighted by molar-refractivity contribution is 5.74. The third-order valence-electron chi connectivity index (χ3n) is 2.74. The molecule has 3 nitrogen and oxygen atoms in total. The molecule has 0 heterocycles. The van der Waals surface area contributed by atoms with Gasteiger partial charge in [0.1, 0.15) is 5.75 Å². The average molecular weight is 258 g/mol. The summed E-state index contributed by atoms with van der Waals surface area (Å²) in [6.45, 7) is 3.96. The summed E-state index contributed by atoms with van der Waals surface area (Å²) in [6, 6.07) is 13.1. The molecule has 2 aromatic carbocycles. The van der Waals surface area contributed by atoms with E-state index in [1.807, 2.05) is 50.2 Å². The first-order chi connectivity index (χ1) is 9.11. The van der Waals surface area contributed by atoms with Crippen molar-refractivity contribution in [1.29, 1.82) is 0 Å². The van der Waals surface area contributed by atoms with Gasteiger partial charge in [0.15, 0.2) is 11.5 Å². The van der Waals surface area contributed by atoms with Gasteiger partial charge < -0.3 is 14.6 Å². The van der Waals surface area contributed by atoms with E-state index in [9.17, 15) is 5.11 Å². The van der Waals surface area contributed by atoms with E-state index < -0.39 is 0 Å². The molecule has 0 unspecified atom stereocenters. The molecule has 2 rings (SSSR count). The molecule has 0 radical (unpaired) electrons. The van der Waals surface area contributed by atoms with Crippen molar-refractivity contribution >= 4 is 0 Å². The van der Waals surface area contributed by atoms with Crippen LogP contribution in [0.5, 0.6) is 17.2 Å². The smallest absolute Gasteiger partial charge is 0.165 e. The maximum atomic E-state index is 10.1. The Labute approximate surface area is 113 Å². The van der Waals surface area contributed by atoms with Gasteiger partial charge in [0.05, 0.1) is 13.2 Å². The molecule has 0 aliphatic rings. The van der Waals surface area contributed by atoms with Crippen LogP contribution >= 0.6 is 0 Å². The Hall–Kier alpha value is -2.16. The van der Waals surface area contributed by atoms with E-state index in [0.29, 0.717) is 5.75 Å². The molecule has 0 aromatic heterocycles. The first kappa shape index (κ1) is 13.3. The highest BCUT2D eigenvalue weighted by Crippen LogP contribution is 2.37. The SMILES string of the molecule is COc1cccc(-c2cccc(OC(C)C)c2)c1O. The number of ether oxygens (including phenoxy) is 2. The molecule has 0 fully saturated rings. The summed E-state index contributed by atoms with van der Waals surface area (Å²) < 4.78 is 10.8. The molecule has 100 valence electrons. The highest BCUT2D eigenvalue weighted by atomic mass is 16.5. The highest BCUT2D eigenvalue weighted by Gasteiger charge is 2.10. The monoisotopic (exact) mass is 258 g/mol. The van der Waals surface area contributed by atoms with E-state index >= 15 is 0 Å². The fourth-order valence-corrected chi connectivity index (χ4v) is 1.93. The second-order valence-corrected chi connectivity index (χ2v) is 4.55. The van der Waals surface area contributed by atoms with Crippen LogP contribution in [0.4, 0.5) is 0 Å². The fourth-order valence-electron chi connectivity index (χ4n) is 1.93. The summed E-state index contributed by atoms with van der Waals surface area (Å²) in [5, 5.41) is 10.1. The summed E-state index contributed by atoms with van der Waals surface area (Å²) in [5.74, 6) is 1.40. The fraction of sp³-hybridized carbons (Fsp3) is 0.250. The normalized spacial score (nSPS) is 10.5. The number of para-hydroxylation sites is 1. The summed E-state index contributed by atoms with van der Waals surface area (Å²) in [7, 11) is 1.54. The van der Waals surface area contributed by atoms with Crippen molar-refractivity contribution in [3.63, 3.8) is 0 Å². The maximum Gasteiger partial charge on any atom is 0.165 e. The number of hydrogen-bond donors (Lipinski definition) is 1. The Morgan fingerprint density at radius 1 is 1.05 bits per heavy atom. The van der Waals surface area contributed by atoms with Gasteiger partial charge in [-0.25, -0.2) is 0 Å². The van der Waals surface area contributed by atoms with Crippen molar-refractivity contribution in [2.24, 2.45) is 0 Å². The standard InChI is InChI=1S/C16H18O3/c1-11(2)19-13-7-4-6-12(10-13)14-8-5-9-15(18-3)16(14)17/h4-11,17H,1-3H3. The molecule has 0 aliphatic heterocycles. The minimum absolute atomic E-state index is 0.120. The van der Waals surface area contributed by atoms with Crippen LogP contribution in [0, 0.1) is 0 Å². The predicted molar refractivity (Wildman–Crippen MR) is 75.9 cm³/mol. The van der Waals surface area contributed by atoms with E-state index in [2.05, 4.69) is 0 Å². The van der Waals surface area contributed by atoms with Gasteiger partial charge in [-0.15, -0.1) is 0 Å². The van der Waals surface area contributed by atoms with Crippen molar-refractivity contribution in [2.75, 3.05) is 7.11 Å². The Morgan fingerprint density at radius 2 is 1.79 bits per heavy atom. The van der Waals surface area contributed by atoms with Gasteiger partial charge in [-0.3, -0.25) is 0 Å². The second-order valence-electron chi connectivity index (χ2n) is 4.55. The van der Waals surface area contributed by atoms with Crippen LogP contribution in [-0.2, 0) is 0 Å². The molecule has 0 bridgehead atoms. The van der Waals surface area contributed by atoms with Gasteiger partial charge in [0, 0.05) is 5.56 Å². The lowest BCUT2D eigenvalue weighted by Crippen LogP contribution is -2.05. The molecule has 0 spiro atoms. The van der Waals surface area contributed by atoms with Crippen LogP contribution in [0.2, 0.25) is 0 Å². The molecule has 0 atom stereocenters. The Balaban J connectivity index is 2.42. The van der Waals surface area contributed by atoms with Crippen LogP contribution in [-0.4, -0.2) is 18.3 Å². The molecule has 0 aliphatic carbocycles. The zero-order valence-electron chi connectivity index (χ0n) is 11.4. The van der Waals surface area contributed by atoms with Crippen molar-refractivity contribution in [3.05, 3.63) is 42.5 Å². The number of phenols is 1. The van der Waals surface area contributed by atoms with Crippen molar-refractivity contribution in [1.82, 2.24) is 0 Å². The average Bonchev–Trinajstić information content (AvgIpc) is 2.38. The molecule has 0 saturated carbocycles. The summed E-state index contributed by atoms with van der Waals surface area (Å²) in [5.41, 5.74) is 1.63.